The average Bonchev–Trinajstić information content (AvgIpc) is 2.69. The molecule has 0 saturated heterocycles. The van der Waals surface area contributed by atoms with Crippen molar-refractivity contribution < 1.29 is 0 Å². The van der Waals surface area contributed by atoms with E-state index in [0.29, 0.717) is 6.54 Å². The molecule has 2 rings (SSSR count). The number of hydrogen-bond donors (Lipinski definition) is 1. The van der Waals surface area contributed by atoms with Crippen molar-refractivity contribution in [1.29, 1.82) is 0 Å². The van der Waals surface area contributed by atoms with Crippen molar-refractivity contribution in [3.63, 3.8) is 0 Å². The molecule has 0 radical (unpaired) electrons. The lowest BCUT2D eigenvalue weighted by Gasteiger charge is -1.99. The van der Waals surface area contributed by atoms with E-state index in [4.69, 9.17) is 17.3 Å². The lowest BCUT2D eigenvalue weighted by atomic mass is 10.2. The summed E-state index contributed by atoms with van der Waals surface area (Å²) >= 11 is 7.58. The lowest BCUT2D eigenvalue weighted by molar-refractivity contribution is 0.930. The van der Waals surface area contributed by atoms with Crippen LogP contribution in [0.15, 0.2) is 24.3 Å². The molecule has 0 aliphatic heterocycles. The number of rotatable bonds is 3. The van der Waals surface area contributed by atoms with Crippen LogP contribution >= 0.6 is 22.9 Å². The van der Waals surface area contributed by atoms with Gasteiger partial charge in [-0.25, -0.2) is 0 Å². The summed E-state index contributed by atoms with van der Waals surface area (Å²) in [4.78, 5) is 0. The molecule has 0 saturated carbocycles. The summed E-state index contributed by atoms with van der Waals surface area (Å²) in [6, 6.07) is 7.75. The van der Waals surface area contributed by atoms with Crippen LogP contribution in [0.5, 0.6) is 0 Å². The molecular weight excluding hydrogens is 230 g/mol. The maximum absolute atomic E-state index is 6.05. The normalized spacial score (nSPS) is 10.5. The van der Waals surface area contributed by atoms with Crippen LogP contribution in [0.2, 0.25) is 5.02 Å². The first kappa shape index (κ1) is 10.5. The smallest absolute Gasteiger partial charge is 0.131 e. The fourth-order valence-electron chi connectivity index (χ4n) is 1.25. The first-order valence-corrected chi connectivity index (χ1v) is 5.74. The Bertz CT molecular complexity index is 455. The molecule has 15 heavy (non-hydrogen) atoms. The summed E-state index contributed by atoms with van der Waals surface area (Å²) < 4.78 is 0. The molecule has 1 heterocycles. The fourth-order valence-corrected chi connectivity index (χ4v) is 2.20. The highest BCUT2D eigenvalue weighted by molar-refractivity contribution is 7.11. The van der Waals surface area contributed by atoms with E-state index in [1.54, 1.807) is 0 Å². The van der Waals surface area contributed by atoms with Gasteiger partial charge in [0.25, 0.3) is 0 Å². The molecule has 2 N–H and O–H groups in total. The largest absolute Gasteiger partial charge is 0.324 e. The molecule has 2 aromatic rings. The van der Waals surface area contributed by atoms with Crippen LogP contribution in [0.25, 0.3) is 0 Å². The molecular formula is C10H10ClN3S. The van der Waals surface area contributed by atoms with E-state index in [9.17, 15) is 0 Å². The van der Waals surface area contributed by atoms with E-state index in [0.717, 1.165) is 27.0 Å². The zero-order valence-corrected chi connectivity index (χ0v) is 9.55. The standard InChI is InChI=1S/C10H10ClN3S/c11-8-4-2-1-3-7(8)5-9-13-14-10(6-12)15-9/h1-4H,5-6,12H2. The monoisotopic (exact) mass is 239 g/mol. The number of benzene rings is 1. The maximum Gasteiger partial charge on any atom is 0.131 e. The molecule has 1 aromatic carbocycles. The quantitative estimate of drug-likeness (QED) is 0.894. The summed E-state index contributed by atoms with van der Waals surface area (Å²) in [5.41, 5.74) is 6.54. The lowest BCUT2D eigenvalue weighted by Crippen LogP contribution is -1.94. The summed E-state index contributed by atoms with van der Waals surface area (Å²) in [6.45, 7) is 0.445. The van der Waals surface area contributed by atoms with Crippen LogP contribution in [0.3, 0.4) is 0 Å². The Morgan fingerprint density at radius 3 is 2.60 bits per heavy atom. The van der Waals surface area contributed by atoms with Crippen molar-refractivity contribution in [3.8, 4) is 0 Å². The first-order valence-electron chi connectivity index (χ1n) is 4.54. The highest BCUT2D eigenvalue weighted by atomic mass is 35.5. The number of nitrogens with zero attached hydrogens (tertiary/aromatic N) is 2. The van der Waals surface area contributed by atoms with Crippen molar-refractivity contribution in [2.45, 2.75) is 13.0 Å². The Balaban J connectivity index is 2.18. The van der Waals surface area contributed by atoms with Gasteiger partial charge in [-0.05, 0) is 11.6 Å². The predicted molar refractivity (Wildman–Crippen MR) is 62.1 cm³/mol. The second-order valence-electron chi connectivity index (χ2n) is 3.06. The van der Waals surface area contributed by atoms with Gasteiger partial charge >= 0.3 is 0 Å². The molecule has 0 atom stereocenters. The second kappa shape index (κ2) is 4.70. The van der Waals surface area contributed by atoms with Crippen LogP contribution < -0.4 is 5.73 Å². The third kappa shape index (κ3) is 2.53. The number of hydrogen-bond acceptors (Lipinski definition) is 4. The minimum atomic E-state index is 0.445. The Kier molecular flexibility index (Phi) is 3.30. The molecule has 0 unspecified atom stereocenters. The Morgan fingerprint density at radius 1 is 1.20 bits per heavy atom. The van der Waals surface area contributed by atoms with E-state index < -0.39 is 0 Å². The number of aromatic nitrogens is 2. The summed E-state index contributed by atoms with van der Waals surface area (Å²) in [7, 11) is 0. The molecule has 0 fully saturated rings. The zero-order chi connectivity index (χ0) is 10.7. The number of halogens is 1. The van der Waals surface area contributed by atoms with Crippen LogP contribution in [0.1, 0.15) is 15.6 Å². The van der Waals surface area contributed by atoms with Gasteiger partial charge in [0.2, 0.25) is 0 Å². The van der Waals surface area contributed by atoms with Crippen LogP contribution in [0.4, 0.5) is 0 Å². The SMILES string of the molecule is NCc1nnc(Cc2ccccc2Cl)s1. The van der Waals surface area contributed by atoms with Gasteiger partial charge in [0.15, 0.2) is 0 Å². The summed E-state index contributed by atoms with van der Waals surface area (Å²) in [6.07, 6.45) is 0.720. The average molecular weight is 240 g/mol. The zero-order valence-electron chi connectivity index (χ0n) is 7.98. The van der Waals surface area contributed by atoms with E-state index in [2.05, 4.69) is 10.2 Å². The van der Waals surface area contributed by atoms with E-state index in [1.807, 2.05) is 24.3 Å². The van der Waals surface area contributed by atoms with Gasteiger partial charge < -0.3 is 5.73 Å². The molecule has 1 aromatic heterocycles. The van der Waals surface area contributed by atoms with Gasteiger partial charge in [-0.2, -0.15) is 0 Å². The fraction of sp³-hybridized carbons (Fsp3) is 0.200. The molecule has 0 spiro atoms. The Hall–Kier alpha value is -0.970. The third-order valence-electron chi connectivity index (χ3n) is 1.98. The van der Waals surface area contributed by atoms with Crippen molar-refractivity contribution >= 4 is 22.9 Å². The molecule has 0 aliphatic carbocycles. The van der Waals surface area contributed by atoms with Crippen molar-refractivity contribution in [2.75, 3.05) is 0 Å². The van der Waals surface area contributed by atoms with Crippen molar-refractivity contribution in [3.05, 3.63) is 44.9 Å². The molecule has 0 amide bonds. The van der Waals surface area contributed by atoms with Gasteiger partial charge in [-0.15, -0.1) is 10.2 Å². The minimum absolute atomic E-state index is 0.445. The van der Waals surface area contributed by atoms with Crippen molar-refractivity contribution in [2.24, 2.45) is 5.73 Å². The van der Waals surface area contributed by atoms with Gasteiger partial charge in [-0.3, -0.25) is 0 Å². The van der Waals surface area contributed by atoms with Crippen LogP contribution in [-0.4, -0.2) is 10.2 Å². The highest BCUT2D eigenvalue weighted by Gasteiger charge is 2.05. The molecule has 5 heteroatoms. The van der Waals surface area contributed by atoms with Gasteiger partial charge in [-0.1, -0.05) is 41.1 Å². The molecule has 0 aliphatic rings. The van der Waals surface area contributed by atoms with Gasteiger partial charge in [0, 0.05) is 18.0 Å². The highest BCUT2D eigenvalue weighted by Crippen LogP contribution is 2.20. The summed E-state index contributed by atoms with van der Waals surface area (Å²) in [5.74, 6) is 0. The van der Waals surface area contributed by atoms with Crippen molar-refractivity contribution in [1.82, 2.24) is 10.2 Å². The van der Waals surface area contributed by atoms with E-state index in [1.165, 1.54) is 11.3 Å². The molecule has 3 nitrogen and oxygen atoms in total. The third-order valence-corrected chi connectivity index (χ3v) is 3.30. The minimum Gasteiger partial charge on any atom is -0.324 e. The van der Waals surface area contributed by atoms with E-state index in [-0.39, 0.29) is 0 Å². The predicted octanol–water partition coefficient (Wildman–Crippen LogP) is 2.24. The van der Waals surface area contributed by atoms with Crippen LogP contribution in [0, 0.1) is 0 Å². The maximum atomic E-state index is 6.05. The van der Waals surface area contributed by atoms with Gasteiger partial charge in [0.1, 0.15) is 10.0 Å². The topological polar surface area (TPSA) is 51.8 Å². The van der Waals surface area contributed by atoms with E-state index >= 15 is 0 Å². The number of nitrogens with two attached hydrogens (primary N) is 1. The second-order valence-corrected chi connectivity index (χ2v) is 4.62. The molecule has 0 bridgehead atoms. The van der Waals surface area contributed by atoms with Gasteiger partial charge in [0.05, 0.1) is 0 Å². The van der Waals surface area contributed by atoms with Crippen LogP contribution in [-0.2, 0) is 13.0 Å². The summed E-state index contributed by atoms with van der Waals surface area (Å²) in [5, 5.41) is 10.6. The molecule has 78 valence electrons. The Morgan fingerprint density at radius 2 is 1.93 bits per heavy atom. The first-order chi connectivity index (χ1) is 7.29. The Labute approximate surface area is 96.9 Å².